The Morgan fingerprint density at radius 2 is 2.00 bits per heavy atom. The summed E-state index contributed by atoms with van der Waals surface area (Å²) in [4.78, 5) is 4.60. The van der Waals surface area contributed by atoms with Crippen molar-refractivity contribution in [2.24, 2.45) is 22.2 Å². The van der Waals surface area contributed by atoms with Gasteiger partial charge in [-0.25, -0.2) is 0 Å². The lowest BCUT2D eigenvalue weighted by molar-refractivity contribution is 0.0862. The Morgan fingerprint density at radius 3 is 2.60 bits per heavy atom. The third-order valence-corrected chi connectivity index (χ3v) is 4.23. The molecule has 1 nitrogen and oxygen atoms in total. The Balaban J connectivity index is 1.69. The van der Waals surface area contributed by atoms with Crippen LogP contribution in [0.3, 0.4) is 0 Å². The molecule has 0 radical (unpaired) electrons. The van der Waals surface area contributed by atoms with Crippen LogP contribution in [0.25, 0.3) is 0 Å². The van der Waals surface area contributed by atoms with Gasteiger partial charge in [-0.1, -0.05) is 20.8 Å². The maximum absolute atomic E-state index is 4.60. The Morgan fingerprint density at radius 1 is 1.27 bits per heavy atom. The van der Waals surface area contributed by atoms with E-state index in [4.69, 9.17) is 0 Å². The summed E-state index contributed by atoms with van der Waals surface area (Å²) in [6, 6.07) is 0. The quantitative estimate of drug-likeness (QED) is 0.659. The predicted octanol–water partition coefficient (Wildman–Crippen LogP) is 4.07. The van der Waals surface area contributed by atoms with Gasteiger partial charge in [0.25, 0.3) is 0 Å². The predicted molar refractivity (Wildman–Crippen MR) is 66.4 cm³/mol. The van der Waals surface area contributed by atoms with Gasteiger partial charge in [-0.15, -0.1) is 0 Å². The third-order valence-electron chi connectivity index (χ3n) is 4.23. The molecule has 0 saturated heterocycles. The molecule has 1 aliphatic heterocycles. The molecule has 0 bridgehead atoms. The second kappa shape index (κ2) is 4.27. The first-order valence-electron chi connectivity index (χ1n) is 6.64. The van der Waals surface area contributed by atoms with Crippen LogP contribution in [0.4, 0.5) is 0 Å². The zero-order valence-electron chi connectivity index (χ0n) is 10.6. The van der Waals surface area contributed by atoms with Crippen LogP contribution in [-0.2, 0) is 0 Å². The summed E-state index contributed by atoms with van der Waals surface area (Å²) in [5, 5.41) is 0. The Labute approximate surface area is 94.4 Å². The molecule has 1 fully saturated rings. The van der Waals surface area contributed by atoms with E-state index >= 15 is 0 Å². The molecule has 86 valence electrons. The molecule has 1 unspecified atom stereocenters. The molecule has 0 aromatic carbocycles. The van der Waals surface area contributed by atoms with E-state index in [1.165, 1.54) is 44.2 Å². The lowest BCUT2D eigenvalue weighted by atomic mass is 9.63. The number of rotatable bonds is 4. The van der Waals surface area contributed by atoms with Gasteiger partial charge in [0.15, 0.2) is 0 Å². The average Bonchev–Trinajstić information content (AvgIpc) is 2.58. The van der Waals surface area contributed by atoms with Gasteiger partial charge in [0.1, 0.15) is 0 Å². The van der Waals surface area contributed by atoms with Crippen LogP contribution in [0.1, 0.15) is 59.3 Å². The summed E-state index contributed by atoms with van der Waals surface area (Å²) < 4.78 is 0. The van der Waals surface area contributed by atoms with Crippen molar-refractivity contribution in [2.45, 2.75) is 59.3 Å². The first-order valence-corrected chi connectivity index (χ1v) is 6.64. The zero-order valence-corrected chi connectivity index (χ0v) is 10.6. The number of hydrogen-bond acceptors (Lipinski definition) is 1. The number of aliphatic imine (C=N–C) groups is 1. The molecule has 1 heterocycles. The highest BCUT2D eigenvalue weighted by atomic mass is 14.8. The molecule has 1 saturated carbocycles. The molecule has 0 aromatic rings. The fourth-order valence-corrected chi connectivity index (χ4v) is 3.52. The van der Waals surface area contributed by atoms with E-state index in [1.54, 1.807) is 0 Å². The van der Waals surface area contributed by atoms with Gasteiger partial charge in [0, 0.05) is 12.3 Å². The van der Waals surface area contributed by atoms with Crippen LogP contribution in [-0.4, -0.2) is 12.3 Å². The first kappa shape index (κ1) is 11.2. The third kappa shape index (κ3) is 2.62. The zero-order chi connectivity index (χ0) is 10.9. The van der Waals surface area contributed by atoms with Crippen molar-refractivity contribution in [3.8, 4) is 0 Å². The smallest absolute Gasteiger partial charge is 0.0395 e. The highest BCUT2D eigenvalue weighted by Crippen LogP contribution is 2.47. The molecule has 0 aromatic heterocycles. The Kier molecular flexibility index (Phi) is 3.18. The van der Waals surface area contributed by atoms with Crippen LogP contribution in [0.5, 0.6) is 0 Å². The van der Waals surface area contributed by atoms with Crippen molar-refractivity contribution in [2.75, 3.05) is 6.54 Å². The van der Waals surface area contributed by atoms with Crippen molar-refractivity contribution in [1.82, 2.24) is 0 Å². The van der Waals surface area contributed by atoms with Gasteiger partial charge in [0.2, 0.25) is 0 Å². The molecule has 1 atom stereocenters. The Hall–Kier alpha value is -0.330. The molecular weight excluding hydrogens is 182 g/mol. The fraction of sp³-hybridized carbons (Fsp3) is 0.929. The van der Waals surface area contributed by atoms with Gasteiger partial charge >= 0.3 is 0 Å². The molecule has 15 heavy (non-hydrogen) atoms. The second-order valence-electron chi connectivity index (χ2n) is 6.23. The van der Waals surface area contributed by atoms with E-state index in [0.29, 0.717) is 5.41 Å². The Bertz CT molecular complexity index is 244. The van der Waals surface area contributed by atoms with E-state index in [0.717, 1.165) is 18.4 Å². The highest BCUT2D eigenvalue weighted by Gasteiger charge is 2.36. The molecule has 0 amide bonds. The first-order chi connectivity index (χ1) is 7.11. The van der Waals surface area contributed by atoms with E-state index < -0.39 is 0 Å². The standard InChI is InChI=1S/C14H25N/c1-4-13-12(7-8-15-13)6-5-11-9-14(2,3)10-11/h11-12H,4-10H2,1-3H3. The molecule has 0 N–H and O–H groups in total. The van der Waals surface area contributed by atoms with Crippen molar-refractivity contribution in [3.63, 3.8) is 0 Å². The summed E-state index contributed by atoms with van der Waals surface area (Å²) in [7, 11) is 0. The second-order valence-corrected chi connectivity index (χ2v) is 6.23. The summed E-state index contributed by atoms with van der Waals surface area (Å²) in [6.07, 6.45) is 8.29. The van der Waals surface area contributed by atoms with Crippen molar-refractivity contribution >= 4 is 5.71 Å². The van der Waals surface area contributed by atoms with Gasteiger partial charge in [-0.3, -0.25) is 4.99 Å². The SMILES string of the molecule is CCC1=NCCC1CCC1CC(C)(C)C1. The van der Waals surface area contributed by atoms with E-state index in [1.807, 2.05) is 0 Å². The minimum absolute atomic E-state index is 0.655. The molecule has 1 heteroatoms. The van der Waals surface area contributed by atoms with Crippen LogP contribution >= 0.6 is 0 Å². The van der Waals surface area contributed by atoms with Gasteiger partial charge < -0.3 is 0 Å². The van der Waals surface area contributed by atoms with Gasteiger partial charge in [-0.05, 0) is 55.8 Å². The van der Waals surface area contributed by atoms with Crippen molar-refractivity contribution in [1.29, 1.82) is 0 Å². The van der Waals surface area contributed by atoms with Crippen LogP contribution in [0.2, 0.25) is 0 Å². The molecule has 1 aliphatic carbocycles. The topological polar surface area (TPSA) is 12.4 Å². The fourth-order valence-electron chi connectivity index (χ4n) is 3.52. The molecule has 0 spiro atoms. The van der Waals surface area contributed by atoms with Crippen LogP contribution in [0.15, 0.2) is 4.99 Å². The van der Waals surface area contributed by atoms with Gasteiger partial charge in [-0.2, -0.15) is 0 Å². The van der Waals surface area contributed by atoms with E-state index in [9.17, 15) is 0 Å². The normalized spacial score (nSPS) is 30.1. The minimum atomic E-state index is 0.655. The number of nitrogens with zero attached hydrogens (tertiary/aromatic N) is 1. The lowest BCUT2D eigenvalue weighted by Gasteiger charge is -2.43. The maximum atomic E-state index is 4.60. The average molecular weight is 207 g/mol. The summed E-state index contributed by atoms with van der Waals surface area (Å²) >= 11 is 0. The highest BCUT2D eigenvalue weighted by molar-refractivity contribution is 5.87. The van der Waals surface area contributed by atoms with E-state index in [2.05, 4.69) is 25.8 Å². The van der Waals surface area contributed by atoms with Gasteiger partial charge in [0.05, 0.1) is 0 Å². The van der Waals surface area contributed by atoms with E-state index in [-0.39, 0.29) is 0 Å². The van der Waals surface area contributed by atoms with Crippen LogP contribution < -0.4 is 0 Å². The minimum Gasteiger partial charge on any atom is -0.294 e. The van der Waals surface area contributed by atoms with Crippen molar-refractivity contribution < 1.29 is 0 Å². The summed E-state index contributed by atoms with van der Waals surface area (Å²) in [5.41, 5.74) is 2.16. The van der Waals surface area contributed by atoms with Crippen LogP contribution in [0, 0.1) is 17.3 Å². The molecule has 2 aliphatic rings. The summed E-state index contributed by atoms with van der Waals surface area (Å²) in [6.45, 7) is 8.16. The molecular formula is C14H25N. The maximum Gasteiger partial charge on any atom is 0.0395 e. The molecule has 2 rings (SSSR count). The summed E-state index contributed by atoms with van der Waals surface area (Å²) in [5.74, 6) is 1.87. The van der Waals surface area contributed by atoms with Crippen molar-refractivity contribution in [3.05, 3.63) is 0 Å². The lowest BCUT2D eigenvalue weighted by Crippen LogP contribution is -2.31. The monoisotopic (exact) mass is 207 g/mol. The number of hydrogen-bond donors (Lipinski definition) is 0. The largest absolute Gasteiger partial charge is 0.294 e.